The van der Waals surface area contributed by atoms with Gasteiger partial charge in [-0.3, -0.25) is 0 Å². The fourth-order valence-corrected chi connectivity index (χ4v) is 1.12. The second kappa shape index (κ2) is 7.22. The van der Waals surface area contributed by atoms with Crippen LogP contribution in [0.4, 0.5) is 0 Å². The van der Waals surface area contributed by atoms with Crippen molar-refractivity contribution in [1.29, 1.82) is 0 Å². The highest BCUT2D eigenvalue weighted by Crippen LogP contribution is 2.01. The number of hydrogen-bond acceptors (Lipinski definition) is 4. The van der Waals surface area contributed by atoms with Crippen molar-refractivity contribution in [2.24, 2.45) is 0 Å². The summed E-state index contributed by atoms with van der Waals surface area (Å²) < 4.78 is 9.41. The van der Waals surface area contributed by atoms with Crippen molar-refractivity contribution in [3.05, 3.63) is 48.0 Å². The van der Waals surface area contributed by atoms with Crippen LogP contribution >= 0.6 is 0 Å². The summed E-state index contributed by atoms with van der Waals surface area (Å²) in [6.45, 7) is 0.237. The van der Waals surface area contributed by atoms with Gasteiger partial charge >= 0.3 is 11.9 Å². The summed E-state index contributed by atoms with van der Waals surface area (Å²) in [6, 6.07) is 8.75. The Morgan fingerprint density at radius 2 is 1.94 bits per heavy atom. The predicted octanol–water partition coefficient (Wildman–Crippen LogP) is 1.96. The predicted molar refractivity (Wildman–Crippen MR) is 62.5 cm³/mol. The normalized spacial score (nSPS) is 10.2. The van der Waals surface area contributed by atoms with Gasteiger partial charge in [0.15, 0.2) is 0 Å². The summed E-state index contributed by atoms with van der Waals surface area (Å²) in [4.78, 5) is 22.2. The van der Waals surface area contributed by atoms with Crippen molar-refractivity contribution in [3.63, 3.8) is 0 Å². The van der Waals surface area contributed by atoms with E-state index in [1.807, 2.05) is 6.07 Å². The van der Waals surface area contributed by atoms with Gasteiger partial charge in [-0.1, -0.05) is 24.3 Å². The van der Waals surface area contributed by atoms with E-state index in [9.17, 15) is 9.59 Å². The van der Waals surface area contributed by atoms with Crippen molar-refractivity contribution in [1.82, 2.24) is 0 Å². The third-order valence-corrected chi connectivity index (χ3v) is 1.98. The monoisotopic (exact) mass is 234 g/mol. The lowest BCUT2D eigenvalue weighted by atomic mass is 10.2. The lowest BCUT2D eigenvalue weighted by Gasteiger charge is -2.02. The van der Waals surface area contributed by atoms with E-state index in [4.69, 9.17) is 4.74 Å². The molecule has 1 rings (SSSR count). The fourth-order valence-electron chi connectivity index (χ4n) is 1.12. The van der Waals surface area contributed by atoms with Crippen molar-refractivity contribution in [2.75, 3.05) is 13.7 Å². The van der Waals surface area contributed by atoms with Crippen molar-refractivity contribution >= 4 is 11.9 Å². The van der Waals surface area contributed by atoms with Crippen molar-refractivity contribution in [2.45, 2.75) is 6.42 Å². The maximum absolute atomic E-state index is 11.5. The molecule has 0 aliphatic heterocycles. The lowest BCUT2D eigenvalue weighted by molar-refractivity contribution is -0.134. The molecule has 0 N–H and O–H groups in total. The fraction of sp³-hybridized carbons (Fsp3) is 0.231. The van der Waals surface area contributed by atoms with Gasteiger partial charge in [0.1, 0.15) is 0 Å². The zero-order chi connectivity index (χ0) is 12.5. The molecule has 0 amide bonds. The summed E-state index contributed by atoms with van der Waals surface area (Å²) in [5.41, 5.74) is 0.518. The van der Waals surface area contributed by atoms with E-state index in [1.54, 1.807) is 30.3 Å². The second-order valence-electron chi connectivity index (χ2n) is 3.22. The quantitative estimate of drug-likeness (QED) is 0.444. The first kappa shape index (κ1) is 13.0. The van der Waals surface area contributed by atoms with Crippen LogP contribution in [0.1, 0.15) is 16.8 Å². The first-order chi connectivity index (χ1) is 8.24. The van der Waals surface area contributed by atoms with Gasteiger partial charge < -0.3 is 9.47 Å². The minimum absolute atomic E-state index is 0.237. The SMILES string of the molecule is COC(=O)C=CCCOC(=O)c1ccccc1. The van der Waals surface area contributed by atoms with Crippen LogP contribution in [0, 0.1) is 0 Å². The van der Waals surface area contributed by atoms with Crippen LogP contribution in [0.15, 0.2) is 42.5 Å². The third-order valence-electron chi connectivity index (χ3n) is 1.98. The summed E-state index contributed by atoms with van der Waals surface area (Å²) >= 11 is 0. The molecule has 90 valence electrons. The Hall–Kier alpha value is -2.10. The van der Waals surface area contributed by atoms with Crippen LogP contribution in [0.25, 0.3) is 0 Å². The van der Waals surface area contributed by atoms with Crippen LogP contribution in [0.5, 0.6) is 0 Å². The molecule has 0 radical (unpaired) electrons. The molecule has 0 atom stereocenters. The molecular formula is C13H14O4. The van der Waals surface area contributed by atoms with E-state index in [2.05, 4.69) is 4.74 Å². The van der Waals surface area contributed by atoms with E-state index >= 15 is 0 Å². The Morgan fingerprint density at radius 1 is 1.24 bits per heavy atom. The zero-order valence-corrected chi connectivity index (χ0v) is 9.59. The molecule has 0 bridgehead atoms. The minimum Gasteiger partial charge on any atom is -0.466 e. The number of esters is 2. The highest BCUT2D eigenvalue weighted by molar-refractivity contribution is 5.89. The molecule has 0 aliphatic carbocycles. The lowest BCUT2D eigenvalue weighted by Crippen LogP contribution is -2.05. The highest BCUT2D eigenvalue weighted by Gasteiger charge is 2.04. The maximum atomic E-state index is 11.5. The molecule has 4 nitrogen and oxygen atoms in total. The second-order valence-corrected chi connectivity index (χ2v) is 3.22. The number of methoxy groups -OCH3 is 1. The van der Waals surface area contributed by atoms with Gasteiger partial charge in [-0.2, -0.15) is 0 Å². The first-order valence-corrected chi connectivity index (χ1v) is 5.20. The van der Waals surface area contributed by atoms with Crippen LogP contribution in [-0.2, 0) is 14.3 Å². The first-order valence-electron chi connectivity index (χ1n) is 5.20. The van der Waals surface area contributed by atoms with E-state index in [0.29, 0.717) is 12.0 Å². The van der Waals surface area contributed by atoms with Crippen LogP contribution in [-0.4, -0.2) is 25.7 Å². The van der Waals surface area contributed by atoms with Crippen LogP contribution in [0.3, 0.4) is 0 Å². The number of hydrogen-bond donors (Lipinski definition) is 0. The summed E-state index contributed by atoms with van der Waals surface area (Å²) in [5.74, 6) is -0.781. The molecule has 0 unspecified atom stereocenters. The average Bonchev–Trinajstić information content (AvgIpc) is 2.38. The summed E-state index contributed by atoms with van der Waals surface area (Å²) in [7, 11) is 1.31. The standard InChI is InChI=1S/C13H14O4/c1-16-12(14)9-5-6-10-17-13(15)11-7-3-2-4-8-11/h2-5,7-9H,6,10H2,1H3. The third kappa shape index (κ3) is 4.97. The molecule has 0 heterocycles. The van der Waals surface area contributed by atoms with Gasteiger partial charge in [0, 0.05) is 12.5 Å². The van der Waals surface area contributed by atoms with Crippen molar-refractivity contribution < 1.29 is 19.1 Å². The molecule has 0 saturated heterocycles. The number of ether oxygens (including phenoxy) is 2. The van der Waals surface area contributed by atoms with Gasteiger partial charge in [-0.05, 0) is 12.1 Å². The Balaban J connectivity index is 2.26. The molecule has 17 heavy (non-hydrogen) atoms. The number of carbonyl (C=O) groups excluding carboxylic acids is 2. The molecule has 0 fully saturated rings. The Kier molecular flexibility index (Phi) is 5.51. The number of rotatable bonds is 5. The summed E-state index contributed by atoms with van der Waals surface area (Å²) in [5, 5.41) is 0. The molecule has 1 aromatic rings. The minimum atomic E-state index is -0.417. The van der Waals surface area contributed by atoms with Gasteiger partial charge in [0.2, 0.25) is 0 Å². The number of carbonyl (C=O) groups is 2. The van der Waals surface area contributed by atoms with E-state index in [0.717, 1.165) is 0 Å². The molecule has 1 aromatic carbocycles. The highest BCUT2D eigenvalue weighted by atomic mass is 16.5. The molecule has 0 aromatic heterocycles. The molecule has 0 saturated carbocycles. The number of benzene rings is 1. The molecule has 0 aliphatic rings. The van der Waals surface area contributed by atoms with E-state index in [-0.39, 0.29) is 12.6 Å². The van der Waals surface area contributed by atoms with E-state index in [1.165, 1.54) is 13.2 Å². The Bertz CT molecular complexity index is 395. The Morgan fingerprint density at radius 3 is 2.59 bits per heavy atom. The largest absolute Gasteiger partial charge is 0.466 e. The molecule has 4 heteroatoms. The van der Waals surface area contributed by atoms with Gasteiger partial charge in [0.05, 0.1) is 19.3 Å². The topological polar surface area (TPSA) is 52.6 Å². The van der Waals surface area contributed by atoms with Crippen LogP contribution < -0.4 is 0 Å². The van der Waals surface area contributed by atoms with Crippen LogP contribution in [0.2, 0.25) is 0 Å². The maximum Gasteiger partial charge on any atom is 0.338 e. The van der Waals surface area contributed by atoms with Crippen molar-refractivity contribution in [3.8, 4) is 0 Å². The van der Waals surface area contributed by atoms with Gasteiger partial charge in [-0.25, -0.2) is 9.59 Å². The summed E-state index contributed by atoms with van der Waals surface area (Å²) in [6.07, 6.45) is 3.38. The zero-order valence-electron chi connectivity index (χ0n) is 9.59. The average molecular weight is 234 g/mol. The van der Waals surface area contributed by atoms with Gasteiger partial charge in [0.25, 0.3) is 0 Å². The van der Waals surface area contributed by atoms with E-state index < -0.39 is 5.97 Å². The Labute approximate surface area is 99.8 Å². The molecule has 0 spiro atoms. The smallest absolute Gasteiger partial charge is 0.338 e. The molecular weight excluding hydrogens is 220 g/mol. The van der Waals surface area contributed by atoms with Gasteiger partial charge in [-0.15, -0.1) is 0 Å².